The molecule has 21 heavy (non-hydrogen) atoms. The monoisotopic (exact) mass is 298 g/mol. The maximum atomic E-state index is 12.2. The zero-order valence-corrected chi connectivity index (χ0v) is 12.2. The zero-order chi connectivity index (χ0) is 15.8. The van der Waals surface area contributed by atoms with Gasteiger partial charge in [0.1, 0.15) is 6.10 Å². The Morgan fingerprint density at radius 3 is 2.62 bits per heavy atom. The number of hydrogen-bond acceptors (Lipinski definition) is 7. The fourth-order valence-corrected chi connectivity index (χ4v) is 2.63. The van der Waals surface area contributed by atoms with Crippen LogP contribution in [-0.4, -0.2) is 47.9 Å². The molecule has 2 aliphatic heterocycles. The summed E-state index contributed by atoms with van der Waals surface area (Å²) in [6.45, 7) is 8.23. The van der Waals surface area contributed by atoms with Crippen molar-refractivity contribution in [3.63, 3.8) is 0 Å². The van der Waals surface area contributed by atoms with E-state index in [1.165, 1.54) is 6.08 Å². The molecule has 0 spiro atoms. The van der Waals surface area contributed by atoms with E-state index in [0.717, 1.165) is 6.92 Å². The van der Waals surface area contributed by atoms with Crippen LogP contribution in [0.3, 0.4) is 0 Å². The second-order valence-corrected chi connectivity index (χ2v) is 5.50. The van der Waals surface area contributed by atoms with Gasteiger partial charge in [-0.3, -0.25) is 9.59 Å². The number of hydrogen-bond donors (Lipinski definition) is 0. The molecule has 0 aromatic rings. The number of carbonyl (C=O) groups is 3. The summed E-state index contributed by atoms with van der Waals surface area (Å²) in [7, 11) is 0. The molecule has 0 aliphatic carbocycles. The highest BCUT2D eigenvalue weighted by molar-refractivity contribution is 6.39. The number of ether oxygens (including phenoxy) is 4. The first-order valence-electron chi connectivity index (χ1n) is 6.59. The summed E-state index contributed by atoms with van der Waals surface area (Å²) in [4.78, 5) is 35.2. The first-order chi connectivity index (χ1) is 9.72. The molecule has 7 nitrogen and oxygen atoms in total. The van der Waals surface area contributed by atoms with Crippen molar-refractivity contribution in [1.82, 2.24) is 0 Å². The topological polar surface area (TPSA) is 88.1 Å². The molecule has 2 saturated heterocycles. The maximum absolute atomic E-state index is 12.2. The quantitative estimate of drug-likeness (QED) is 0.424. The van der Waals surface area contributed by atoms with E-state index in [1.54, 1.807) is 13.8 Å². The van der Waals surface area contributed by atoms with E-state index in [2.05, 4.69) is 6.58 Å². The molecule has 2 aliphatic rings. The maximum Gasteiger partial charge on any atom is 0.379 e. The van der Waals surface area contributed by atoms with Crippen LogP contribution in [0.5, 0.6) is 0 Å². The van der Waals surface area contributed by atoms with Gasteiger partial charge in [-0.05, 0) is 13.8 Å². The van der Waals surface area contributed by atoms with Crippen molar-refractivity contribution >= 4 is 17.7 Å². The number of rotatable bonds is 4. The lowest BCUT2D eigenvalue weighted by molar-refractivity contribution is -0.187. The lowest BCUT2D eigenvalue weighted by atomic mass is 9.87. The van der Waals surface area contributed by atoms with Crippen molar-refractivity contribution in [3.05, 3.63) is 12.7 Å². The van der Waals surface area contributed by atoms with Gasteiger partial charge in [0.2, 0.25) is 5.60 Å². The second-order valence-electron chi connectivity index (χ2n) is 5.50. The smallest absolute Gasteiger partial charge is 0.379 e. The average molecular weight is 298 g/mol. The molecule has 0 aromatic heterocycles. The predicted octanol–water partition coefficient (Wildman–Crippen LogP) is 0.510. The van der Waals surface area contributed by atoms with Gasteiger partial charge in [0.25, 0.3) is 5.78 Å². The number of carbonyl (C=O) groups excluding carboxylic acids is 3. The molecule has 3 atom stereocenters. The molecule has 0 saturated carbocycles. The van der Waals surface area contributed by atoms with Crippen LogP contribution >= 0.6 is 0 Å². The largest absolute Gasteiger partial charge is 0.449 e. The minimum absolute atomic E-state index is 0.0396. The fraction of sp³-hybridized carbons (Fsp3) is 0.643. The Morgan fingerprint density at radius 2 is 2.14 bits per heavy atom. The molecule has 0 N–H and O–H groups in total. The number of ketones is 1. The van der Waals surface area contributed by atoms with Crippen LogP contribution in [0.4, 0.5) is 0 Å². The van der Waals surface area contributed by atoms with Crippen LogP contribution in [0.15, 0.2) is 12.7 Å². The van der Waals surface area contributed by atoms with E-state index >= 15 is 0 Å². The summed E-state index contributed by atoms with van der Waals surface area (Å²) in [5, 5.41) is 0. The van der Waals surface area contributed by atoms with Gasteiger partial charge in [0.15, 0.2) is 11.9 Å². The average Bonchev–Trinajstić information content (AvgIpc) is 2.83. The van der Waals surface area contributed by atoms with E-state index in [1.807, 2.05) is 0 Å². The normalized spacial score (nSPS) is 34.6. The Bertz CT molecular complexity index is 496. The lowest BCUT2D eigenvalue weighted by Crippen LogP contribution is -2.53. The molecular formula is C14H18O7. The van der Waals surface area contributed by atoms with E-state index in [0.29, 0.717) is 0 Å². The van der Waals surface area contributed by atoms with E-state index in [4.69, 9.17) is 18.9 Å². The third-order valence-corrected chi connectivity index (χ3v) is 3.40. The third kappa shape index (κ3) is 2.71. The van der Waals surface area contributed by atoms with Gasteiger partial charge >= 0.3 is 11.9 Å². The Hall–Kier alpha value is -1.73. The summed E-state index contributed by atoms with van der Waals surface area (Å²) >= 11 is 0. The molecule has 116 valence electrons. The van der Waals surface area contributed by atoms with Crippen LogP contribution in [0.1, 0.15) is 27.2 Å². The zero-order valence-electron chi connectivity index (χ0n) is 12.2. The Kier molecular flexibility index (Phi) is 3.90. The van der Waals surface area contributed by atoms with Gasteiger partial charge in [-0.1, -0.05) is 6.08 Å². The first-order valence-corrected chi connectivity index (χ1v) is 6.59. The van der Waals surface area contributed by atoms with Crippen molar-refractivity contribution < 1.29 is 33.3 Å². The Morgan fingerprint density at radius 1 is 1.48 bits per heavy atom. The summed E-state index contributed by atoms with van der Waals surface area (Å²) in [6.07, 6.45) is -0.394. The molecule has 7 heteroatoms. The second kappa shape index (κ2) is 5.23. The first kappa shape index (κ1) is 15.7. The standard InChI is InChI=1S/C14H18O7/c1-5-6-14(20-8(2)15)10(16)12(17)19-11(14)9-7-18-13(3,4)21-9/h5,9,11H,1,6-7H2,2-4H3/t9?,11?,14-/m1/s1. The highest BCUT2D eigenvalue weighted by Gasteiger charge is 2.63. The summed E-state index contributed by atoms with van der Waals surface area (Å²) in [5.41, 5.74) is -1.74. The summed E-state index contributed by atoms with van der Waals surface area (Å²) < 4.78 is 21.3. The van der Waals surface area contributed by atoms with Crippen molar-refractivity contribution in [3.8, 4) is 0 Å². The van der Waals surface area contributed by atoms with Crippen LogP contribution in [-0.2, 0) is 33.3 Å². The minimum atomic E-state index is -1.74. The highest BCUT2D eigenvalue weighted by Crippen LogP contribution is 2.38. The third-order valence-electron chi connectivity index (χ3n) is 3.40. The van der Waals surface area contributed by atoms with Gasteiger partial charge in [0.05, 0.1) is 6.61 Å². The van der Waals surface area contributed by atoms with Crippen molar-refractivity contribution in [2.75, 3.05) is 6.61 Å². The van der Waals surface area contributed by atoms with Crippen LogP contribution in [0.2, 0.25) is 0 Å². The predicted molar refractivity (Wildman–Crippen MR) is 69.1 cm³/mol. The van der Waals surface area contributed by atoms with Gasteiger partial charge in [-0.15, -0.1) is 6.58 Å². The van der Waals surface area contributed by atoms with Gasteiger partial charge in [0, 0.05) is 13.3 Å². The summed E-state index contributed by atoms with van der Waals surface area (Å²) in [6, 6.07) is 0. The highest BCUT2D eigenvalue weighted by atomic mass is 16.8. The van der Waals surface area contributed by atoms with Crippen molar-refractivity contribution in [1.29, 1.82) is 0 Å². The van der Waals surface area contributed by atoms with Gasteiger partial charge in [-0.25, -0.2) is 4.79 Å². The van der Waals surface area contributed by atoms with E-state index < -0.39 is 41.3 Å². The minimum Gasteiger partial charge on any atom is -0.449 e. The van der Waals surface area contributed by atoms with Gasteiger partial charge in [-0.2, -0.15) is 0 Å². The summed E-state index contributed by atoms with van der Waals surface area (Å²) in [5.74, 6) is -3.50. The number of cyclic esters (lactones) is 1. The molecule has 0 amide bonds. The lowest BCUT2D eigenvalue weighted by Gasteiger charge is -2.32. The van der Waals surface area contributed by atoms with Crippen LogP contribution < -0.4 is 0 Å². The molecular weight excluding hydrogens is 280 g/mol. The molecule has 0 aromatic carbocycles. The van der Waals surface area contributed by atoms with Crippen LogP contribution in [0.25, 0.3) is 0 Å². The number of esters is 2. The van der Waals surface area contributed by atoms with Crippen molar-refractivity contribution in [2.45, 2.75) is 50.8 Å². The van der Waals surface area contributed by atoms with Crippen LogP contribution in [0, 0.1) is 0 Å². The molecule has 0 radical (unpaired) electrons. The number of Topliss-reactive ketones (excluding diaryl/α,β-unsaturated/α-hetero) is 1. The molecule has 2 rings (SSSR count). The SMILES string of the molecule is C=CC[C@@]1(OC(C)=O)C(=O)C(=O)OC1C1COC(C)(C)O1. The van der Waals surface area contributed by atoms with E-state index in [-0.39, 0.29) is 13.0 Å². The molecule has 2 heterocycles. The van der Waals surface area contributed by atoms with Gasteiger partial charge < -0.3 is 18.9 Å². The van der Waals surface area contributed by atoms with Crippen molar-refractivity contribution in [2.24, 2.45) is 0 Å². The Labute approximate surface area is 122 Å². The molecule has 0 bridgehead atoms. The molecule has 2 unspecified atom stereocenters. The Balaban J connectivity index is 2.36. The van der Waals surface area contributed by atoms with E-state index in [9.17, 15) is 14.4 Å². The molecule has 2 fully saturated rings. The fourth-order valence-electron chi connectivity index (χ4n) is 2.63.